The number of amides is 1. The number of carbonyl (C=O) groups excluding carboxylic acids is 1. The molecule has 0 radical (unpaired) electrons. The Labute approximate surface area is 84.1 Å². The smallest absolute Gasteiger partial charge is 0.407 e. The average Bonchev–Trinajstić information content (AvgIpc) is 2.19. The molecule has 0 spiro atoms. The minimum absolute atomic E-state index is 0.0179. The lowest BCUT2D eigenvalue weighted by atomic mass is 10.1. The summed E-state index contributed by atoms with van der Waals surface area (Å²) in [6, 6.07) is 0. The van der Waals surface area contributed by atoms with Crippen LogP contribution >= 0.6 is 0 Å². The van der Waals surface area contributed by atoms with E-state index in [4.69, 9.17) is 10.2 Å². The Morgan fingerprint density at radius 2 is 2.07 bits per heavy atom. The normalized spacial score (nSPS) is 10.3. The Bertz CT molecular complexity index is 148. The number of aliphatic hydroxyl groups is 2. The molecule has 0 aromatic carbocycles. The second-order valence-electron chi connectivity index (χ2n) is 3.02. The van der Waals surface area contributed by atoms with E-state index in [-0.39, 0.29) is 19.1 Å². The largest absolute Gasteiger partial charge is 0.450 e. The van der Waals surface area contributed by atoms with E-state index in [0.29, 0.717) is 19.6 Å². The van der Waals surface area contributed by atoms with Gasteiger partial charge in [-0.15, -0.1) is 0 Å². The van der Waals surface area contributed by atoms with Crippen LogP contribution in [0.1, 0.15) is 19.8 Å². The second-order valence-corrected chi connectivity index (χ2v) is 3.02. The molecule has 14 heavy (non-hydrogen) atoms. The highest BCUT2D eigenvalue weighted by molar-refractivity contribution is 5.66. The van der Waals surface area contributed by atoms with Crippen LogP contribution in [-0.4, -0.2) is 42.7 Å². The Kier molecular flexibility index (Phi) is 8.27. The van der Waals surface area contributed by atoms with Crippen LogP contribution in [0.5, 0.6) is 0 Å². The van der Waals surface area contributed by atoms with Crippen LogP contribution in [-0.2, 0) is 4.74 Å². The van der Waals surface area contributed by atoms with Crippen LogP contribution < -0.4 is 5.32 Å². The molecule has 0 aromatic rings. The van der Waals surface area contributed by atoms with Crippen molar-refractivity contribution in [2.75, 3.05) is 26.4 Å². The molecule has 0 aliphatic carbocycles. The summed E-state index contributed by atoms with van der Waals surface area (Å²) in [5.41, 5.74) is 0. The van der Waals surface area contributed by atoms with Gasteiger partial charge in [-0.3, -0.25) is 0 Å². The van der Waals surface area contributed by atoms with Crippen LogP contribution in [0.15, 0.2) is 0 Å². The lowest BCUT2D eigenvalue weighted by molar-refractivity contribution is 0.139. The highest BCUT2D eigenvalue weighted by Crippen LogP contribution is 2.03. The van der Waals surface area contributed by atoms with Crippen molar-refractivity contribution in [1.29, 1.82) is 0 Å². The van der Waals surface area contributed by atoms with Crippen molar-refractivity contribution in [1.82, 2.24) is 5.32 Å². The Balaban J connectivity index is 3.32. The van der Waals surface area contributed by atoms with E-state index < -0.39 is 6.09 Å². The molecule has 0 fully saturated rings. The third kappa shape index (κ3) is 6.68. The lowest BCUT2D eigenvalue weighted by Gasteiger charge is -2.10. The summed E-state index contributed by atoms with van der Waals surface area (Å²) in [5.74, 6) is -0.0843. The SMILES string of the molecule is CCOC(=O)NCCCC(CO)CO. The van der Waals surface area contributed by atoms with E-state index in [1.807, 2.05) is 0 Å². The zero-order chi connectivity index (χ0) is 10.8. The maximum absolute atomic E-state index is 10.8. The van der Waals surface area contributed by atoms with Gasteiger partial charge < -0.3 is 20.3 Å². The summed E-state index contributed by atoms with van der Waals surface area (Å²) < 4.78 is 4.65. The molecule has 3 N–H and O–H groups in total. The van der Waals surface area contributed by atoms with Gasteiger partial charge in [0, 0.05) is 25.7 Å². The first-order valence-corrected chi connectivity index (χ1v) is 4.86. The zero-order valence-corrected chi connectivity index (χ0v) is 8.53. The summed E-state index contributed by atoms with van der Waals surface area (Å²) in [4.78, 5) is 10.8. The molecule has 5 heteroatoms. The Morgan fingerprint density at radius 3 is 2.57 bits per heavy atom. The quantitative estimate of drug-likeness (QED) is 0.515. The second kappa shape index (κ2) is 8.77. The third-order valence-electron chi connectivity index (χ3n) is 1.85. The molecule has 0 heterocycles. The first kappa shape index (κ1) is 13.2. The van der Waals surface area contributed by atoms with E-state index in [1.54, 1.807) is 6.92 Å². The predicted octanol–water partition coefficient (Wildman–Crippen LogP) is 0.113. The molecular weight excluding hydrogens is 186 g/mol. The van der Waals surface area contributed by atoms with Crippen LogP contribution in [0.4, 0.5) is 4.79 Å². The maximum atomic E-state index is 10.8. The number of hydrogen-bond acceptors (Lipinski definition) is 4. The molecule has 0 aliphatic heterocycles. The van der Waals surface area contributed by atoms with Gasteiger partial charge in [0.05, 0.1) is 6.61 Å². The molecule has 0 aliphatic rings. The third-order valence-corrected chi connectivity index (χ3v) is 1.85. The van der Waals surface area contributed by atoms with Crippen molar-refractivity contribution in [3.63, 3.8) is 0 Å². The number of rotatable bonds is 7. The summed E-state index contributed by atoms with van der Waals surface area (Å²) >= 11 is 0. The topological polar surface area (TPSA) is 78.8 Å². The monoisotopic (exact) mass is 205 g/mol. The fraction of sp³-hybridized carbons (Fsp3) is 0.889. The molecule has 0 saturated carbocycles. The molecule has 0 saturated heterocycles. The van der Waals surface area contributed by atoms with Gasteiger partial charge in [-0.2, -0.15) is 0 Å². The van der Waals surface area contributed by atoms with E-state index in [9.17, 15) is 4.79 Å². The molecule has 0 aromatic heterocycles. The number of ether oxygens (including phenoxy) is 1. The molecular formula is C9H19NO4. The molecule has 5 nitrogen and oxygen atoms in total. The maximum Gasteiger partial charge on any atom is 0.407 e. The number of alkyl carbamates (subject to hydrolysis) is 1. The average molecular weight is 205 g/mol. The van der Waals surface area contributed by atoms with Crippen molar-refractivity contribution in [2.24, 2.45) is 5.92 Å². The van der Waals surface area contributed by atoms with E-state index >= 15 is 0 Å². The van der Waals surface area contributed by atoms with Crippen LogP contribution in [0, 0.1) is 5.92 Å². The van der Waals surface area contributed by atoms with E-state index in [1.165, 1.54) is 0 Å². The molecule has 84 valence electrons. The van der Waals surface area contributed by atoms with Crippen molar-refractivity contribution >= 4 is 6.09 Å². The van der Waals surface area contributed by atoms with Crippen LogP contribution in [0.3, 0.4) is 0 Å². The van der Waals surface area contributed by atoms with Crippen molar-refractivity contribution < 1.29 is 19.7 Å². The van der Waals surface area contributed by atoms with Crippen molar-refractivity contribution in [3.05, 3.63) is 0 Å². The van der Waals surface area contributed by atoms with Gasteiger partial charge >= 0.3 is 6.09 Å². The van der Waals surface area contributed by atoms with E-state index in [0.717, 1.165) is 6.42 Å². The Hall–Kier alpha value is -0.810. The number of nitrogens with one attached hydrogen (secondary N) is 1. The van der Waals surface area contributed by atoms with Gasteiger partial charge in [-0.1, -0.05) is 0 Å². The van der Waals surface area contributed by atoms with Crippen LogP contribution in [0.25, 0.3) is 0 Å². The Morgan fingerprint density at radius 1 is 1.43 bits per heavy atom. The molecule has 1 amide bonds. The standard InChI is InChI=1S/C9H19NO4/c1-2-14-9(13)10-5-3-4-8(6-11)7-12/h8,11-12H,2-7H2,1H3,(H,10,13). The molecule has 0 unspecified atom stereocenters. The van der Waals surface area contributed by atoms with Gasteiger partial charge in [0.25, 0.3) is 0 Å². The first-order valence-electron chi connectivity index (χ1n) is 4.86. The lowest BCUT2D eigenvalue weighted by Crippen LogP contribution is -2.26. The van der Waals surface area contributed by atoms with Crippen molar-refractivity contribution in [3.8, 4) is 0 Å². The summed E-state index contributed by atoms with van der Waals surface area (Å²) in [5, 5.41) is 20.1. The molecule has 0 bridgehead atoms. The molecule has 0 atom stereocenters. The van der Waals surface area contributed by atoms with Crippen molar-refractivity contribution in [2.45, 2.75) is 19.8 Å². The van der Waals surface area contributed by atoms with Gasteiger partial charge in [0.15, 0.2) is 0 Å². The highest BCUT2D eigenvalue weighted by atomic mass is 16.5. The fourth-order valence-electron chi connectivity index (χ4n) is 1.00. The molecule has 0 rings (SSSR count). The minimum atomic E-state index is -0.419. The van der Waals surface area contributed by atoms with E-state index in [2.05, 4.69) is 10.1 Å². The summed E-state index contributed by atoms with van der Waals surface area (Å²) in [6.07, 6.45) is 1.00. The predicted molar refractivity (Wildman–Crippen MR) is 51.9 cm³/mol. The van der Waals surface area contributed by atoms with Gasteiger partial charge in [0.2, 0.25) is 0 Å². The zero-order valence-electron chi connectivity index (χ0n) is 8.53. The van der Waals surface area contributed by atoms with Crippen LogP contribution in [0.2, 0.25) is 0 Å². The number of aliphatic hydroxyl groups excluding tert-OH is 2. The number of carbonyl (C=O) groups is 1. The fourth-order valence-corrected chi connectivity index (χ4v) is 1.00. The number of hydrogen-bond donors (Lipinski definition) is 3. The van der Waals surface area contributed by atoms with Gasteiger partial charge in [-0.05, 0) is 19.8 Å². The summed E-state index contributed by atoms with van der Waals surface area (Å²) in [7, 11) is 0. The summed E-state index contributed by atoms with van der Waals surface area (Å²) in [6.45, 7) is 2.58. The minimum Gasteiger partial charge on any atom is -0.450 e. The first-order chi connectivity index (χ1) is 6.74. The van der Waals surface area contributed by atoms with Gasteiger partial charge in [-0.25, -0.2) is 4.79 Å². The van der Waals surface area contributed by atoms with Gasteiger partial charge in [0.1, 0.15) is 0 Å². The highest BCUT2D eigenvalue weighted by Gasteiger charge is 2.05.